The van der Waals surface area contributed by atoms with E-state index in [2.05, 4.69) is 18.9 Å². The van der Waals surface area contributed by atoms with E-state index >= 15 is 0 Å². The van der Waals surface area contributed by atoms with Crippen LogP contribution < -0.4 is 5.14 Å². The van der Waals surface area contributed by atoms with Crippen LogP contribution in [0.15, 0.2) is 53.4 Å². The van der Waals surface area contributed by atoms with Crippen LogP contribution in [0.3, 0.4) is 0 Å². The van der Waals surface area contributed by atoms with E-state index in [0.29, 0.717) is 26.9 Å². The molecule has 0 aliphatic carbocycles. The molecular weight excluding hydrogens is 447 g/mol. The minimum atomic E-state index is -4.59. The Hall–Kier alpha value is -2.16. The first-order valence-electron chi connectivity index (χ1n) is 9.79. The predicted octanol–water partition coefficient (Wildman–Crippen LogP) is 6.94. The van der Waals surface area contributed by atoms with Gasteiger partial charge in [0.05, 0.1) is 16.3 Å². The van der Waals surface area contributed by atoms with E-state index in [-0.39, 0.29) is 5.56 Å². The highest BCUT2D eigenvalue weighted by Gasteiger charge is 2.38. The number of halogens is 4. The van der Waals surface area contributed by atoms with Crippen molar-refractivity contribution in [1.29, 1.82) is 0 Å². The van der Waals surface area contributed by atoms with E-state index in [1.54, 1.807) is 24.3 Å². The number of alkyl halides is 3. The first kappa shape index (κ1) is 26.9. The quantitative estimate of drug-likeness (QED) is 0.447. The minimum Gasteiger partial charge on any atom is -0.248 e. The lowest BCUT2D eigenvalue weighted by atomic mass is 10.1. The molecule has 2 aromatic carbocycles. The normalized spacial score (nSPS) is 11.7. The highest BCUT2D eigenvalue weighted by Crippen LogP contribution is 2.37. The first-order chi connectivity index (χ1) is 14.6. The molecule has 0 amide bonds. The van der Waals surface area contributed by atoms with Crippen molar-refractivity contribution >= 4 is 22.6 Å². The Morgan fingerprint density at radius 3 is 1.94 bits per heavy atom. The number of rotatable bonds is 3. The van der Waals surface area contributed by atoms with Crippen molar-refractivity contribution in [1.82, 2.24) is 9.78 Å². The molecule has 0 saturated carbocycles. The zero-order valence-corrected chi connectivity index (χ0v) is 19.7. The van der Waals surface area contributed by atoms with E-state index < -0.39 is 22.9 Å². The molecule has 0 bridgehead atoms. The predicted molar refractivity (Wildman–Crippen MR) is 122 cm³/mol. The van der Waals surface area contributed by atoms with E-state index in [1.165, 1.54) is 42.3 Å². The topological polar surface area (TPSA) is 60.9 Å². The molecule has 1 unspecified atom stereocenters. The summed E-state index contributed by atoms with van der Waals surface area (Å²) in [7, 11) is -1.68. The smallest absolute Gasteiger partial charge is 0.248 e. The van der Waals surface area contributed by atoms with Gasteiger partial charge in [-0.15, -0.1) is 0 Å². The number of aromatic nitrogens is 2. The van der Waals surface area contributed by atoms with Crippen molar-refractivity contribution in [2.75, 3.05) is 0 Å². The van der Waals surface area contributed by atoms with Crippen molar-refractivity contribution in [3.05, 3.63) is 64.8 Å². The summed E-state index contributed by atoms with van der Waals surface area (Å²) >= 11 is 5.88. The Labute approximate surface area is 188 Å². The fourth-order valence-electron chi connectivity index (χ4n) is 2.62. The molecule has 31 heavy (non-hydrogen) atoms. The summed E-state index contributed by atoms with van der Waals surface area (Å²) in [6, 6.07) is 12.5. The van der Waals surface area contributed by atoms with E-state index in [1.807, 2.05) is 13.8 Å². The van der Waals surface area contributed by atoms with Crippen molar-refractivity contribution in [2.45, 2.75) is 52.1 Å². The molecule has 1 heterocycles. The molecule has 3 aromatic rings. The third kappa shape index (κ3) is 6.92. The summed E-state index contributed by atoms with van der Waals surface area (Å²) in [5.41, 5.74) is 0.278. The van der Waals surface area contributed by atoms with Crippen LogP contribution in [-0.2, 0) is 17.2 Å². The van der Waals surface area contributed by atoms with Crippen molar-refractivity contribution < 1.29 is 17.4 Å². The van der Waals surface area contributed by atoms with Gasteiger partial charge in [0.25, 0.3) is 0 Å². The van der Waals surface area contributed by atoms with Crippen LogP contribution in [0.4, 0.5) is 13.2 Å². The highest BCUT2D eigenvalue weighted by atomic mass is 35.5. The largest absolute Gasteiger partial charge is 0.435 e. The molecule has 1 aromatic heterocycles. The standard InChI is InChI=1S/C17H13ClF3N3OS.C3H8.C2H6/c1-10-15(11-2-4-12(18)5-3-11)24(23-16(10)17(19,20)21)13-6-8-14(9-7-13)26(22)25;1-3-2;1-2/h2-9H,22H2,1H3;3H2,1-2H3;1-2H3. The third-order valence-corrected chi connectivity index (χ3v) is 4.81. The Morgan fingerprint density at radius 1 is 1.03 bits per heavy atom. The Morgan fingerprint density at radius 2 is 1.52 bits per heavy atom. The minimum absolute atomic E-state index is 0.00583. The summed E-state index contributed by atoms with van der Waals surface area (Å²) < 4.78 is 52.6. The van der Waals surface area contributed by atoms with Gasteiger partial charge in [0.15, 0.2) is 5.69 Å². The molecule has 0 saturated heterocycles. The fraction of sp³-hybridized carbons (Fsp3) is 0.318. The van der Waals surface area contributed by atoms with Gasteiger partial charge in [-0.3, -0.25) is 0 Å². The summed E-state index contributed by atoms with van der Waals surface area (Å²) in [6.45, 7) is 9.62. The molecule has 0 fully saturated rings. The number of benzene rings is 2. The van der Waals surface area contributed by atoms with E-state index in [9.17, 15) is 17.4 Å². The van der Waals surface area contributed by atoms with Gasteiger partial charge in [-0.05, 0) is 43.3 Å². The molecule has 2 N–H and O–H groups in total. The lowest BCUT2D eigenvalue weighted by Crippen LogP contribution is -2.08. The van der Waals surface area contributed by atoms with Crippen LogP contribution in [0, 0.1) is 6.92 Å². The second-order valence-electron chi connectivity index (χ2n) is 6.24. The Bertz CT molecular complexity index is 985. The van der Waals surface area contributed by atoms with Crippen molar-refractivity contribution in [2.24, 2.45) is 5.14 Å². The summed E-state index contributed by atoms with van der Waals surface area (Å²) in [5.74, 6) is 0. The maximum absolute atomic E-state index is 13.4. The van der Waals surface area contributed by atoms with Gasteiger partial charge in [-0.1, -0.05) is 57.8 Å². The second-order valence-corrected chi connectivity index (χ2v) is 7.74. The molecule has 170 valence electrons. The number of nitrogens with two attached hydrogens (primary N) is 1. The molecule has 3 rings (SSSR count). The van der Waals surface area contributed by atoms with Crippen LogP contribution in [0.5, 0.6) is 0 Å². The van der Waals surface area contributed by atoms with Crippen LogP contribution in [-0.4, -0.2) is 14.0 Å². The van der Waals surface area contributed by atoms with Gasteiger partial charge in [-0.2, -0.15) is 18.3 Å². The lowest BCUT2D eigenvalue weighted by molar-refractivity contribution is -0.141. The summed E-state index contributed by atoms with van der Waals surface area (Å²) in [4.78, 5) is 0.363. The van der Waals surface area contributed by atoms with Gasteiger partial charge in [0.1, 0.15) is 11.0 Å². The van der Waals surface area contributed by atoms with E-state index in [4.69, 9.17) is 16.7 Å². The van der Waals surface area contributed by atoms with Crippen molar-refractivity contribution in [3.63, 3.8) is 0 Å². The molecule has 9 heteroatoms. The SMILES string of the molecule is CC.CCC.Cc1c(C(F)(F)F)nn(-c2ccc(S(N)=O)cc2)c1-c1ccc(Cl)cc1. The molecule has 4 nitrogen and oxygen atoms in total. The maximum Gasteiger partial charge on any atom is 0.435 e. The van der Waals surface area contributed by atoms with Crippen LogP contribution >= 0.6 is 11.6 Å². The number of nitrogens with zero attached hydrogens (tertiary/aromatic N) is 2. The molecule has 0 spiro atoms. The van der Waals surface area contributed by atoms with E-state index in [0.717, 1.165) is 0 Å². The van der Waals surface area contributed by atoms with Crippen LogP contribution in [0.2, 0.25) is 5.02 Å². The van der Waals surface area contributed by atoms with Gasteiger partial charge in [0.2, 0.25) is 0 Å². The monoisotopic (exact) mass is 473 g/mol. The average Bonchev–Trinajstić information content (AvgIpc) is 3.08. The first-order valence-corrected chi connectivity index (χ1v) is 11.4. The molecule has 1 atom stereocenters. The lowest BCUT2D eigenvalue weighted by Gasteiger charge is -2.09. The Kier molecular flexibility index (Phi) is 10.4. The fourth-order valence-corrected chi connectivity index (χ4v) is 3.15. The van der Waals surface area contributed by atoms with Gasteiger partial charge in [0, 0.05) is 16.1 Å². The second kappa shape index (κ2) is 12.0. The van der Waals surface area contributed by atoms with Crippen LogP contribution in [0.1, 0.15) is 45.4 Å². The molecule has 0 aliphatic heterocycles. The number of hydrogen-bond acceptors (Lipinski definition) is 2. The summed E-state index contributed by atoms with van der Waals surface area (Å²) in [6.07, 6.45) is -3.34. The van der Waals surface area contributed by atoms with Gasteiger partial charge in [-0.25, -0.2) is 14.0 Å². The van der Waals surface area contributed by atoms with Gasteiger partial charge >= 0.3 is 6.18 Å². The highest BCUT2D eigenvalue weighted by molar-refractivity contribution is 7.82. The molecule has 0 aliphatic rings. The zero-order valence-electron chi connectivity index (χ0n) is 18.1. The Balaban J connectivity index is 0.000000884. The third-order valence-electron chi connectivity index (χ3n) is 3.82. The van der Waals surface area contributed by atoms with Crippen molar-refractivity contribution in [3.8, 4) is 16.9 Å². The van der Waals surface area contributed by atoms with Gasteiger partial charge < -0.3 is 0 Å². The molecular formula is C22H27ClF3N3OS. The number of hydrogen-bond donors (Lipinski definition) is 1. The maximum atomic E-state index is 13.4. The summed E-state index contributed by atoms with van der Waals surface area (Å²) in [5, 5.41) is 9.56. The zero-order chi connectivity index (χ0) is 23.8. The average molecular weight is 474 g/mol. The molecule has 0 radical (unpaired) electrons. The van der Waals surface area contributed by atoms with Crippen LogP contribution in [0.25, 0.3) is 16.9 Å².